The lowest BCUT2D eigenvalue weighted by atomic mass is 9.62. The van der Waals surface area contributed by atoms with E-state index in [0.29, 0.717) is 23.0 Å². The van der Waals surface area contributed by atoms with Crippen LogP contribution in [0, 0.1) is 36.3 Å². The van der Waals surface area contributed by atoms with Gasteiger partial charge in [-0.25, -0.2) is 8.78 Å². The molecule has 3 atom stereocenters. The zero-order valence-electron chi connectivity index (χ0n) is 12.8. The monoisotopic (exact) mass is 281 g/mol. The zero-order chi connectivity index (χ0) is 15.1. The van der Waals surface area contributed by atoms with Gasteiger partial charge in [-0.05, 0) is 43.1 Å². The highest BCUT2D eigenvalue weighted by molar-refractivity contribution is 5.32. The highest BCUT2D eigenvalue weighted by atomic mass is 19.2. The summed E-state index contributed by atoms with van der Waals surface area (Å²) in [6.07, 6.45) is 2.80. The van der Waals surface area contributed by atoms with Crippen molar-refractivity contribution in [3.8, 4) is 0 Å². The van der Waals surface area contributed by atoms with Gasteiger partial charge in [-0.2, -0.15) is 0 Å². The number of halogens is 2. The summed E-state index contributed by atoms with van der Waals surface area (Å²) in [5.74, 6) is -0.523. The van der Waals surface area contributed by atoms with Gasteiger partial charge in [0.2, 0.25) is 0 Å². The Bertz CT molecular complexity index is 498. The van der Waals surface area contributed by atoms with Gasteiger partial charge < -0.3 is 5.73 Å². The predicted molar refractivity (Wildman–Crippen MR) is 78.3 cm³/mol. The van der Waals surface area contributed by atoms with Crippen molar-refractivity contribution in [1.29, 1.82) is 0 Å². The molecule has 1 nitrogen and oxygen atoms in total. The number of benzene rings is 1. The van der Waals surface area contributed by atoms with E-state index in [4.69, 9.17) is 5.73 Å². The molecule has 112 valence electrons. The van der Waals surface area contributed by atoms with Crippen molar-refractivity contribution in [2.75, 3.05) is 0 Å². The van der Waals surface area contributed by atoms with Crippen molar-refractivity contribution in [1.82, 2.24) is 0 Å². The van der Waals surface area contributed by atoms with Gasteiger partial charge in [-0.1, -0.05) is 39.3 Å². The molecule has 3 heteroatoms. The minimum absolute atomic E-state index is 0.190. The Kier molecular flexibility index (Phi) is 4.19. The van der Waals surface area contributed by atoms with Gasteiger partial charge in [-0.3, -0.25) is 0 Å². The van der Waals surface area contributed by atoms with Crippen LogP contribution in [0.1, 0.15) is 51.2 Å². The van der Waals surface area contributed by atoms with Gasteiger partial charge >= 0.3 is 0 Å². The Balaban J connectivity index is 2.53. The van der Waals surface area contributed by atoms with Gasteiger partial charge in [0.15, 0.2) is 11.6 Å². The molecule has 20 heavy (non-hydrogen) atoms. The van der Waals surface area contributed by atoms with Crippen LogP contribution in [0.25, 0.3) is 0 Å². The molecular weight excluding hydrogens is 256 g/mol. The van der Waals surface area contributed by atoms with Crippen LogP contribution in [0.2, 0.25) is 0 Å². The third-order valence-electron chi connectivity index (χ3n) is 4.90. The SMILES string of the molecule is Cc1ccc(C2(N)CC(C)CCC2C(C)C)c(F)c1F. The lowest BCUT2D eigenvalue weighted by molar-refractivity contribution is 0.104. The van der Waals surface area contributed by atoms with E-state index in [1.165, 1.54) is 0 Å². The summed E-state index contributed by atoms with van der Waals surface area (Å²) in [6, 6.07) is 3.32. The quantitative estimate of drug-likeness (QED) is 0.847. The molecule has 0 aromatic heterocycles. The third-order valence-corrected chi connectivity index (χ3v) is 4.90. The molecule has 1 saturated carbocycles. The average molecular weight is 281 g/mol. The number of hydrogen-bond donors (Lipinski definition) is 1. The second-order valence-electron chi connectivity index (χ2n) is 6.84. The first-order valence-electron chi connectivity index (χ1n) is 7.51. The Morgan fingerprint density at radius 1 is 1.20 bits per heavy atom. The summed E-state index contributed by atoms with van der Waals surface area (Å²) in [5, 5.41) is 0. The molecule has 0 radical (unpaired) electrons. The minimum atomic E-state index is -0.759. The molecule has 0 heterocycles. The molecule has 1 fully saturated rings. The van der Waals surface area contributed by atoms with Gasteiger partial charge in [0.05, 0.1) is 0 Å². The van der Waals surface area contributed by atoms with Crippen LogP contribution < -0.4 is 5.73 Å². The second-order valence-corrected chi connectivity index (χ2v) is 6.84. The summed E-state index contributed by atoms with van der Waals surface area (Å²) >= 11 is 0. The van der Waals surface area contributed by atoms with Crippen LogP contribution in [0.3, 0.4) is 0 Å². The number of rotatable bonds is 2. The minimum Gasteiger partial charge on any atom is -0.321 e. The van der Waals surface area contributed by atoms with E-state index in [0.717, 1.165) is 19.3 Å². The summed E-state index contributed by atoms with van der Waals surface area (Å²) in [4.78, 5) is 0. The lowest BCUT2D eigenvalue weighted by Crippen LogP contribution is -2.50. The zero-order valence-corrected chi connectivity index (χ0v) is 12.8. The van der Waals surface area contributed by atoms with E-state index in [2.05, 4.69) is 20.8 Å². The molecule has 1 aliphatic rings. The molecule has 1 aromatic carbocycles. The van der Waals surface area contributed by atoms with Gasteiger partial charge in [0.25, 0.3) is 0 Å². The fourth-order valence-electron chi connectivity index (χ4n) is 3.79. The first-order chi connectivity index (χ1) is 9.27. The Labute approximate surface area is 120 Å². The van der Waals surface area contributed by atoms with E-state index >= 15 is 0 Å². The number of aryl methyl sites for hydroxylation is 1. The molecule has 3 unspecified atom stereocenters. The van der Waals surface area contributed by atoms with Crippen molar-refractivity contribution < 1.29 is 8.78 Å². The van der Waals surface area contributed by atoms with E-state index in [1.54, 1.807) is 19.1 Å². The molecule has 1 aliphatic carbocycles. The normalized spacial score (nSPS) is 30.8. The molecule has 1 aromatic rings. The maximum atomic E-state index is 14.4. The Morgan fingerprint density at radius 3 is 2.45 bits per heavy atom. The van der Waals surface area contributed by atoms with Crippen molar-refractivity contribution in [2.45, 2.75) is 52.5 Å². The highest BCUT2D eigenvalue weighted by Crippen LogP contribution is 2.46. The molecule has 0 amide bonds. The van der Waals surface area contributed by atoms with E-state index in [-0.39, 0.29) is 5.92 Å². The molecule has 0 saturated heterocycles. The standard InChI is InChI=1S/C17H25F2N/c1-10(2)13-7-5-11(3)9-17(13,20)14-8-6-12(4)15(18)16(14)19/h6,8,10-11,13H,5,7,9,20H2,1-4H3. The first kappa shape index (κ1) is 15.4. The van der Waals surface area contributed by atoms with Gasteiger partial charge in [0.1, 0.15) is 0 Å². The topological polar surface area (TPSA) is 26.0 Å². The van der Waals surface area contributed by atoms with Crippen LogP contribution in [-0.2, 0) is 5.54 Å². The van der Waals surface area contributed by atoms with Gasteiger partial charge in [-0.15, -0.1) is 0 Å². The van der Waals surface area contributed by atoms with Crippen LogP contribution in [0.5, 0.6) is 0 Å². The second kappa shape index (κ2) is 5.44. The van der Waals surface area contributed by atoms with Crippen molar-refractivity contribution >= 4 is 0 Å². The van der Waals surface area contributed by atoms with Crippen molar-refractivity contribution in [3.63, 3.8) is 0 Å². The summed E-state index contributed by atoms with van der Waals surface area (Å²) < 4.78 is 28.3. The van der Waals surface area contributed by atoms with Gasteiger partial charge in [0, 0.05) is 11.1 Å². The average Bonchev–Trinajstić information content (AvgIpc) is 2.35. The lowest BCUT2D eigenvalue weighted by Gasteiger charge is -2.46. The molecular formula is C17H25F2N. The molecule has 0 aliphatic heterocycles. The predicted octanol–water partition coefficient (Wildman–Crippen LogP) is 4.52. The largest absolute Gasteiger partial charge is 0.321 e. The molecule has 0 spiro atoms. The van der Waals surface area contributed by atoms with Crippen molar-refractivity contribution in [3.05, 3.63) is 34.9 Å². The number of hydrogen-bond acceptors (Lipinski definition) is 1. The first-order valence-corrected chi connectivity index (χ1v) is 7.51. The van der Waals surface area contributed by atoms with E-state index in [9.17, 15) is 8.78 Å². The molecule has 0 bridgehead atoms. The summed E-state index contributed by atoms with van der Waals surface area (Å²) in [5.41, 5.74) is 6.56. The highest BCUT2D eigenvalue weighted by Gasteiger charge is 2.44. The van der Waals surface area contributed by atoms with E-state index in [1.807, 2.05) is 0 Å². The molecule has 2 rings (SSSR count). The van der Waals surface area contributed by atoms with Crippen LogP contribution in [0.15, 0.2) is 12.1 Å². The maximum absolute atomic E-state index is 14.4. The smallest absolute Gasteiger partial charge is 0.164 e. The summed E-state index contributed by atoms with van der Waals surface area (Å²) in [6.45, 7) is 7.95. The van der Waals surface area contributed by atoms with Crippen molar-refractivity contribution in [2.24, 2.45) is 23.5 Å². The fourth-order valence-corrected chi connectivity index (χ4v) is 3.79. The fraction of sp³-hybridized carbons (Fsp3) is 0.647. The Morgan fingerprint density at radius 2 is 1.85 bits per heavy atom. The van der Waals surface area contributed by atoms with Crippen LogP contribution >= 0.6 is 0 Å². The van der Waals surface area contributed by atoms with Crippen LogP contribution in [-0.4, -0.2) is 0 Å². The Hall–Kier alpha value is -0.960. The van der Waals surface area contributed by atoms with E-state index < -0.39 is 17.2 Å². The van der Waals surface area contributed by atoms with Crippen LogP contribution in [0.4, 0.5) is 8.78 Å². The third kappa shape index (κ3) is 2.48. The molecule has 2 N–H and O–H groups in total. The number of nitrogens with two attached hydrogens (primary N) is 1. The summed E-state index contributed by atoms with van der Waals surface area (Å²) in [7, 11) is 0. The maximum Gasteiger partial charge on any atom is 0.164 e.